The van der Waals surface area contributed by atoms with Crippen LogP contribution in [-0.2, 0) is 0 Å². The van der Waals surface area contributed by atoms with E-state index >= 15 is 0 Å². The lowest BCUT2D eigenvalue weighted by Gasteiger charge is -2.13. The van der Waals surface area contributed by atoms with Gasteiger partial charge >= 0.3 is 0 Å². The van der Waals surface area contributed by atoms with Crippen molar-refractivity contribution in [1.82, 2.24) is 9.97 Å². The van der Waals surface area contributed by atoms with E-state index in [0.717, 1.165) is 17.1 Å². The number of hydrogen-bond donors (Lipinski definition) is 2. The maximum Gasteiger partial charge on any atom is 0.275 e. The van der Waals surface area contributed by atoms with Crippen LogP contribution in [0.15, 0.2) is 60.9 Å². The number of nitrogens with zero attached hydrogens (tertiary/aromatic N) is 3. The monoisotopic (exact) mass is 363 g/mol. The van der Waals surface area contributed by atoms with Gasteiger partial charge in [-0.2, -0.15) is 0 Å². The number of nitrogens with one attached hydrogen (secondary N) is 2. The van der Waals surface area contributed by atoms with Gasteiger partial charge in [0.1, 0.15) is 17.3 Å². The summed E-state index contributed by atoms with van der Waals surface area (Å²) in [6.45, 7) is 0. The largest absolute Gasteiger partial charge is 0.497 e. The smallest absolute Gasteiger partial charge is 0.275 e. The van der Waals surface area contributed by atoms with Gasteiger partial charge in [0.15, 0.2) is 0 Å². The molecular weight excluding hydrogens is 342 g/mol. The molecule has 2 aromatic carbocycles. The van der Waals surface area contributed by atoms with Crippen molar-refractivity contribution < 1.29 is 9.53 Å². The van der Waals surface area contributed by atoms with Crippen molar-refractivity contribution in [3.8, 4) is 5.75 Å². The lowest BCUT2D eigenvalue weighted by molar-refractivity contribution is 0.102. The average Bonchev–Trinajstić information content (AvgIpc) is 2.69. The first-order valence-corrected chi connectivity index (χ1v) is 8.37. The first kappa shape index (κ1) is 18.2. The molecule has 0 aliphatic heterocycles. The molecule has 1 aromatic heterocycles. The summed E-state index contributed by atoms with van der Waals surface area (Å²) in [6, 6.07) is 15.0. The molecule has 1 heterocycles. The minimum atomic E-state index is -0.309. The van der Waals surface area contributed by atoms with E-state index in [1.807, 2.05) is 67.5 Å². The number of anilines is 4. The molecule has 0 spiro atoms. The molecule has 0 atom stereocenters. The number of aromatic nitrogens is 2. The van der Waals surface area contributed by atoms with Crippen molar-refractivity contribution in [2.75, 3.05) is 36.7 Å². The highest BCUT2D eigenvalue weighted by molar-refractivity contribution is 6.02. The van der Waals surface area contributed by atoms with Crippen molar-refractivity contribution in [3.05, 3.63) is 66.6 Å². The third-order valence-corrected chi connectivity index (χ3v) is 3.89. The first-order valence-electron chi connectivity index (χ1n) is 8.37. The van der Waals surface area contributed by atoms with E-state index in [1.54, 1.807) is 7.11 Å². The van der Waals surface area contributed by atoms with Crippen molar-refractivity contribution >= 4 is 28.8 Å². The van der Waals surface area contributed by atoms with Gasteiger partial charge in [-0.1, -0.05) is 0 Å². The Morgan fingerprint density at radius 2 is 1.59 bits per heavy atom. The lowest BCUT2D eigenvalue weighted by Crippen LogP contribution is -2.14. The van der Waals surface area contributed by atoms with Crippen LogP contribution in [0.2, 0.25) is 0 Å². The van der Waals surface area contributed by atoms with Gasteiger partial charge in [-0.05, 0) is 48.5 Å². The summed E-state index contributed by atoms with van der Waals surface area (Å²) >= 11 is 0. The van der Waals surface area contributed by atoms with Gasteiger partial charge in [0.25, 0.3) is 5.91 Å². The van der Waals surface area contributed by atoms with E-state index in [-0.39, 0.29) is 11.6 Å². The summed E-state index contributed by atoms with van der Waals surface area (Å²) in [6.07, 6.45) is 2.96. The SMILES string of the molecule is COc1ccc(Nc2cnc(C(=O)Nc3ccc(N(C)C)cc3)cn2)cc1. The van der Waals surface area contributed by atoms with Crippen LogP contribution >= 0.6 is 0 Å². The molecule has 3 aromatic rings. The van der Waals surface area contributed by atoms with Gasteiger partial charge in [-0.3, -0.25) is 4.79 Å². The maximum atomic E-state index is 12.3. The number of methoxy groups -OCH3 is 1. The summed E-state index contributed by atoms with van der Waals surface area (Å²) < 4.78 is 5.13. The number of hydrogen-bond acceptors (Lipinski definition) is 6. The molecule has 0 saturated heterocycles. The third kappa shape index (κ3) is 4.72. The fraction of sp³-hybridized carbons (Fsp3) is 0.150. The van der Waals surface area contributed by atoms with Crippen molar-refractivity contribution in [1.29, 1.82) is 0 Å². The summed E-state index contributed by atoms with van der Waals surface area (Å²) in [5, 5.41) is 5.93. The summed E-state index contributed by atoms with van der Waals surface area (Å²) in [4.78, 5) is 22.7. The average molecular weight is 363 g/mol. The molecule has 3 rings (SSSR count). The number of carbonyl (C=O) groups is 1. The van der Waals surface area contributed by atoms with Crippen LogP contribution in [0.25, 0.3) is 0 Å². The minimum Gasteiger partial charge on any atom is -0.497 e. The molecule has 1 amide bonds. The molecule has 2 N–H and O–H groups in total. The van der Waals surface area contributed by atoms with E-state index in [0.29, 0.717) is 11.5 Å². The zero-order valence-electron chi connectivity index (χ0n) is 15.4. The molecule has 0 aliphatic carbocycles. The third-order valence-electron chi connectivity index (χ3n) is 3.89. The van der Waals surface area contributed by atoms with Gasteiger partial charge in [-0.25, -0.2) is 9.97 Å². The van der Waals surface area contributed by atoms with Crippen LogP contribution in [0.5, 0.6) is 5.75 Å². The topological polar surface area (TPSA) is 79.4 Å². The Bertz CT molecular complexity index is 891. The Labute approximate surface area is 158 Å². The molecule has 0 radical (unpaired) electrons. The van der Waals surface area contributed by atoms with Gasteiger partial charge in [0, 0.05) is 31.2 Å². The fourth-order valence-corrected chi connectivity index (χ4v) is 2.37. The molecule has 0 saturated carbocycles. The van der Waals surface area contributed by atoms with Crippen LogP contribution < -0.4 is 20.3 Å². The van der Waals surface area contributed by atoms with Gasteiger partial charge < -0.3 is 20.3 Å². The maximum absolute atomic E-state index is 12.3. The van der Waals surface area contributed by atoms with E-state index in [9.17, 15) is 4.79 Å². The highest BCUT2D eigenvalue weighted by Crippen LogP contribution is 2.19. The number of ether oxygens (including phenoxy) is 1. The van der Waals surface area contributed by atoms with E-state index in [4.69, 9.17) is 4.74 Å². The van der Waals surface area contributed by atoms with Gasteiger partial charge in [0.2, 0.25) is 0 Å². The molecule has 27 heavy (non-hydrogen) atoms. The molecule has 0 fully saturated rings. The van der Waals surface area contributed by atoms with Crippen molar-refractivity contribution in [2.45, 2.75) is 0 Å². The molecule has 7 heteroatoms. The second kappa shape index (κ2) is 8.18. The highest BCUT2D eigenvalue weighted by atomic mass is 16.5. The first-order chi connectivity index (χ1) is 13.0. The Morgan fingerprint density at radius 3 is 2.15 bits per heavy atom. The van der Waals surface area contributed by atoms with Gasteiger partial charge in [-0.15, -0.1) is 0 Å². The molecular formula is C20H21N5O2. The second-order valence-electron chi connectivity index (χ2n) is 6.04. The normalized spacial score (nSPS) is 10.2. The standard InChI is InChI=1S/C20H21N5O2/c1-25(2)16-8-4-15(5-9-16)24-20(26)18-12-22-19(13-21-18)23-14-6-10-17(27-3)11-7-14/h4-13H,1-3H3,(H,22,23)(H,24,26). The summed E-state index contributed by atoms with van der Waals surface area (Å²) in [5.41, 5.74) is 2.85. The second-order valence-corrected chi connectivity index (χ2v) is 6.04. The lowest BCUT2D eigenvalue weighted by atomic mass is 10.2. The highest BCUT2D eigenvalue weighted by Gasteiger charge is 2.09. The molecule has 0 aliphatic rings. The van der Waals surface area contributed by atoms with Crippen molar-refractivity contribution in [2.24, 2.45) is 0 Å². The van der Waals surface area contributed by atoms with Gasteiger partial charge in [0.05, 0.1) is 19.5 Å². The zero-order valence-corrected chi connectivity index (χ0v) is 15.4. The fourth-order valence-electron chi connectivity index (χ4n) is 2.37. The minimum absolute atomic E-state index is 0.243. The molecule has 0 bridgehead atoms. The van der Waals surface area contributed by atoms with Crippen LogP contribution in [-0.4, -0.2) is 37.1 Å². The number of amides is 1. The molecule has 7 nitrogen and oxygen atoms in total. The Kier molecular flexibility index (Phi) is 5.51. The summed E-state index contributed by atoms with van der Waals surface area (Å²) in [7, 11) is 5.55. The quantitative estimate of drug-likeness (QED) is 0.697. The Hall–Kier alpha value is -3.61. The zero-order chi connectivity index (χ0) is 19.2. The van der Waals surface area contributed by atoms with Crippen molar-refractivity contribution in [3.63, 3.8) is 0 Å². The Morgan fingerprint density at radius 1 is 0.926 bits per heavy atom. The van der Waals surface area contributed by atoms with Crippen LogP contribution in [0.1, 0.15) is 10.5 Å². The number of benzene rings is 2. The van der Waals surface area contributed by atoms with Crippen LogP contribution in [0.3, 0.4) is 0 Å². The van der Waals surface area contributed by atoms with Crippen LogP contribution in [0, 0.1) is 0 Å². The van der Waals surface area contributed by atoms with E-state index in [1.165, 1.54) is 12.4 Å². The predicted octanol–water partition coefficient (Wildman–Crippen LogP) is 3.55. The van der Waals surface area contributed by atoms with E-state index < -0.39 is 0 Å². The predicted molar refractivity (Wildman–Crippen MR) is 107 cm³/mol. The summed E-state index contributed by atoms with van der Waals surface area (Å²) in [5.74, 6) is 1.01. The number of rotatable bonds is 6. The number of carbonyl (C=O) groups excluding carboxylic acids is 1. The molecule has 0 unspecified atom stereocenters. The Balaban J connectivity index is 1.62. The van der Waals surface area contributed by atoms with E-state index in [2.05, 4.69) is 20.6 Å². The molecule has 138 valence electrons. The van der Waals surface area contributed by atoms with Crippen LogP contribution in [0.4, 0.5) is 22.9 Å².